The number of nitrogens with zero attached hydrogens (tertiary/aromatic N) is 2. The van der Waals surface area contributed by atoms with Gasteiger partial charge in [-0.05, 0) is 42.5 Å². The lowest BCUT2D eigenvalue weighted by Gasteiger charge is -2.31. The van der Waals surface area contributed by atoms with Gasteiger partial charge in [-0.25, -0.2) is 0 Å². The van der Waals surface area contributed by atoms with Crippen LogP contribution in [0.25, 0.3) is 10.8 Å². The molecule has 0 saturated carbocycles. The van der Waals surface area contributed by atoms with Crippen molar-refractivity contribution in [3.8, 4) is 0 Å². The second-order valence-electron chi connectivity index (χ2n) is 9.11. The Morgan fingerprint density at radius 1 is 0.971 bits per heavy atom. The van der Waals surface area contributed by atoms with Gasteiger partial charge in [-0.1, -0.05) is 67.4 Å². The summed E-state index contributed by atoms with van der Waals surface area (Å²) in [7, 11) is 0. The zero-order valence-corrected chi connectivity index (χ0v) is 21.4. The largest absolute Gasteiger partial charge is 0.354 e. The van der Waals surface area contributed by atoms with Gasteiger partial charge in [-0.3, -0.25) is 19.3 Å². The second-order valence-corrected chi connectivity index (χ2v) is 9.92. The number of carbonyl (C=O) groups is 3. The molecule has 1 unspecified atom stereocenters. The molecular weight excluding hydrogens is 485 g/mol. The number of hydrogen-bond donors (Lipinski definition) is 1. The first-order chi connectivity index (χ1) is 16.7. The molecule has 3 amide bonds. The molecule has 182 valence electrons. The quantitative estimate of drug-likeness (QED) is 0.446. The van der Waals surface area contributed by atoms with Gasteiger partial charge in [0, 0.05) is 39.6 Å². The fraction of sp³-hybridized carbons (Fsp3) is 0.296. The number of benzene rings is 3. The Labute approximate surface area is 214 Å². The van der Waals surface area contributed by atoms with Crippen LogP contribution in [0.5, 0.6) is 0 Å². The molecule has 1 heterocycles. The van der Waals surface area contributed by atoms with Crippen molar-refractivity contribution in [2.75, 3.05) is 18.0 Å². The molecule has 0 spiro atoms. The van der Waals surface area contributed by atoms with Gasteiger partial charge in [0.1, 0.15) is 12.6 Å². The van der Waals surface area contributed by atoms with Crippen LogP contribution in [0.3, 0.4) is 0 Å². The van der Waals surface area contributed by atoms with Crippen molar-refractivity contribution < 1.29 is 14.4 Å². The fourth-order valence-corrected chi connectivity index (χ4v) is 4.77. The van der Waals surface area contributed by atoms with Crippen LogP contribution in [-0.4, -0.2) is 41.8 Å². The smallest absolute Gasteiger partial charge is 0.259 e. The SMILES string of the molecule is CC(C)CNC(=O)C(C)N(Cc1c(Cl)cccc1Cl)C(=O)CN1C(=O)c2cccc3cccc1c23. The van der Waals surface area contributed by atoms with Crippen molar-refractivity contribution in [3.63, 3.8) is 0 Å². The van der Waals surface area contributed by atoms with E-state index in [-0.39, 0.29) is 36.7 Å². The van der Waals surface area contributed by atoms with E-state index < -0.39 is 6.04 Å². The molecule has 3 aromatic rings. The van der Waals surface area contributed by atoms with E-state index >= 15 is 0 Å². The summed E-state index contributed by atoms with van der Waals surface area (Å²) in [5, 5.41) is 5.45. The maximum atomic E-state index is 13.7. The van der Waals surface area contributed by atoms with Crippen LogP contribution >= 0.6 is 23.2 Å². The van der Waals surface area contributed by atoms with Gasteiger partial charge in [0.2, 0.25) is 11.8 Å². The summed E-state index contributed by atoms with van der Waals surface area (Å²) >= 11 is 12.8. The highest BCUT2D eigenvalue weighted by Crippen LogP contribution is 2.37. The van der Waals surface area contributed by atoms with Gasteiger partial charge in [-0.15, -0.1) is 0 Å². The summed E-state index contributed by atoms with van der Waals surface area (Å²) in [6.07, 6.45) is 0. The first kappa shape index (κ1) is 25.0. The molecule has 0 radical (unpaired) electrons. The Balaban J connectivity index is 1.64. The maximum absolute atomic E-state index is 13.7. The molecular formula is C27H27Cl2N3O3. The van der Waals surface area contributed by atoms with Crippen LogP contribution in [0.4, 0.5) is 5.69 Å². The number of amides is 3. The molecule has 1 atom stereocenters. The number of anilines is 1. The van der Waals surface area contributed by atoms with E-state index in [4.69, 9.17) is 23.2 Å². The minimum atomic E-state index is -0.801. The lowest BCUT2D eigenvalue weighted by atomic mass is 10.1. The van der Waals surface area contributed by atoms with Crippen LogP contribution in [0.15, 0.2) is 54.6 Å². The van der Waals surface area contributed by atoms with E-state index in [1.165, 1.54) is 9.80 Å². The van der Waals surface area contributed by atoms with Crippen molar-refractivity contribution in [1.82, 2.24) is 10.2 Å². The summed E-state index contributed by atoms with van der Waals surface area (Å²) in [6.45, 7) is 5.96. The molecule has 0 aromatic heterocycles. The highest BCUT2D eigenvalue weighted by molar-refractivity contribution is 6.36. The minimum Gasteiger partial charge on any atom is -0.354 e. The van der Waals surface area contributed by atoms with Crippen molar-refractivity contribution in [2.24, 2.45) is 5.92 Å². The molecule has 1 aliphatic rings. The van der Waals surface area contributed by atoms with Gasteiger partial charge in [0.15, 0.2) is 0 Å². The van der Waals surface area contributed by atoms with Gasteiger partial charge >= 0.3 is 0 Å². The molecule has 35 heavy (non-hydrogen) atoms. The molecule has 6 nitrogen and oxygen atoms in total. The average Bonchev–Trinajstić information content (AvgIpc) is 3.10. The van der Waals surface area contributed by atoms with E-state index in [9.17, 15) is 14.4 Å². The van der Waals surface area contributed by atoms with Crippen LogP contribution in [0.2, 0.25) is 10.0 Å². The first-order valence-corrected chi connectivity index (χ1v) is 12.3. The third-order valence-corrected chi connectivity index (χ3v) is 6.89. The highest BCUT2D eigenvalue weighted by atomic mass is 35.5. The van der Waals surface area contributed by atoms with Gasteiger partial charge in [0.05, 0.1) is 5.69 Å². The highest BCUT2D eigenvalue weighted by Gasteiger charge is 2.34. The average molecular weight is 512 g/mol. The zero-order valence-electron chi connectivity index (χ0n) is 19.8. The summed E-state index contributed by atoms with van der Waals surface area (Å²) < 4.78 is 0. The molecule has 3 aromatic carbocycles. The van der Waals surface area contributed by atoms with Gasteiger partial charge < -0.3 is 10.2 Å². The van der Waals surface area contributed by atoms with Crippen molar-refractivity contribution in [3.05, 3.63) is 75.8 Å². The van der Waals surface area contributed by atoms with Crippen LogP contribution in [0, 0.1) is 5.92 Å². The fourth-order valence-electron chi connectivity index (χ4n) is 4.25. The van der Waals surface area contributed by atoms with E-state index in [2.05, 4.69) is 5.32 Å². The van der Waals surface area contributed by atoms with E-state index in [0.29, 0.717) is 33.4 Å². The number of nitrogens with one attached hydrogen (secondary N) is 1. The molecule has 0 fully saturated rings. The number of halogens is 2. The van der Waals surface area contributed by atoms with E-state index in [1.807, 2.05) is 44.2 Å². The molecule has 1 N–H and O–H groups in total. The van der Waals surface area contributed by atoms with Crippen LogP contribution in [-0.2, 0) is 16.1 Å². The van der Waals surface area contributed by atoms with E-state index in [0.717, 1.165) is 10.8 Å². The predicted molar refractivity (Wildman–Crippen MR) is 140 cm³/mol. The Bertz CT molecular complexity index is 1280. The standard InChI is InChI=1S/C27H27Cl2N3O3/c1-16(2)13-30-26(34)17(3)31(14-20-21(28)10-6-11-22(20)29)24(33)15-32-23-12-5-8-18-7-4-9-19(25(18)23)27(32)35/h4-12,16-17H,13-15H2,1-3H3,(H,30,34). The molecule has 1 aliphatic heterocycles. The summed E-state index contributed by atoms with van der Waals surface area (Å²) in [4.78, 5) is 42.7. The predicted octanol–water partition coefficient (Wildman–Crippen LogP) is 5.30. The van der Waals surface area contributed by atoms with Crippen LogP contribution < -0.4 is 10.2 Å². The summed E-state index contributed by atoms with van der Waals surface area (Å²) in [5.74, 6) is -0.646. The Morgan fingerprint density at radius 2 is 1.60 bits per heavy atom. The Morgan fingerprint density at radius 3 is 2.26 bits per heavy atom. The minimum absolute atomic E-state index is 0.0345. The normalized spacial score (nSPS) is 13.4. The van der Waals surface area contributed by atoms with Crippen molar-refractivity contribution in [2.45, 2.75) is 33.4 Å². The van der Waals surface area contributed by atoms with Crippen molar-refractivity contribution >= 4 is 57.4 Å². The number of rotatable bonds is 8. The number of carbonyl (C=O) groups excluding carboxylic acids is 3. The molecule has 0 saturated heterocycles. The van der Waals surface area contributed by atoms with Gasteiger partial charge in [0.25, 0.3) is 5.91 Å². The molecule has 8 heteroatoms. The second kappa shape index (κ2) is 10.3. The Hall–Kier alpha value is -3.09. The molecule has 4 rings (SSSR count). The topological polar surface area (TPSA) is 69.7 Å². The molecule has 0 bridgehead atoms. The summed E-state index contributed by atoms with van der Waals surface area (Å²) in [5.41, 5.74) is 1.80. The third kappa shape index (κ3) is 5.00. The third-order valence-electron chi connectivity index (χ3n) is 6.18. The first-order valence-electron chi connectivity index (χ1n) is 11.5. The van der Waals surface area contributed by atoms with E-state index in [1.54, 1.807) is 31.2 Å². The summed E-state index contributed by atoms with van der Waals surface area (Å²) in [6, 6.07) is 15.5. The lowest BCUT2D eigenvalue weighted by molar-refractivity contribution is -0.139. The molecule has 0 aliphatic carbocycles. The number of hydrogen-bond acceptors (Lipinski definition) is 3. The monoisotopic (exact) mass is 511 g/mol. The van der Waals surface area contributed by atoms with Crippen LogP contribution in [0.1, 0.15) is 36.7 Å². The lowest BCUT2D eigenvalue weighted by Crippen LogP contribution is -2.51. The Kier molecular flexibility index (Phi) is 7.33. The van der Waals surface area contributed by atoms with Crippen molar-refractivity contribution in [1.29, 1.82) is 0 Å². The zero-order chi connectivity index (χ0) is 25.3. The maximum Gasteiger partial charge on any atom is 0.259 e. The van der Waals surface area contributed by atoms with Gasteiger partial charge in [-0.2, -0.15) is 0 Å².